The molecular formula is C22H32NO11P. The van der Waals surface area contributed by atoms with Crippen LogP contribution in [0.2, 0.25) is 0 Å². The van der Waals surface area contributed by atoms with Gasteiger partial charge in [0.2, 0.25) is 5.75 Å². The number of benzene rings is 2. The van der Waals surface area contributed by atoms with Crippen molar-refractivity contribution in [3.05, 3.63) is 41.5 Å². The Hall–Kier alpha value is -2.83. The van der Waals surface area contributed by atoms with Crippen molar-refractivity contribution in [3.8, 4) is 28.7 Å². The summed E-state index contributed by atoms with van der Waals surface area (Å²) in [6.45, 7) is -1.21. The van der Waals surface area contributed by atoms with Gasteiger partial charge in [-0.1, -0.05) is 18.2 Å². The summed E-state index contributed by atoms with van der Waals surface area (Å²) in [5.41, 5.74) is 5.36. The van der Waals surface area contributed by atoms with Crippen molar-refractivity contribution in [3.63, 3.8) is 0 Å². The summed E-state index contributed by atoms with van der Waals surface area (Å²) in [6.07, 6.45) is 3.53. The van der Waals surface area contributed by atoms with Crippen molar-refractivity contribution in [2.45, 2.75) is 5.54 Å². The maximum Gasteiger partial charge on any atom is 0.524 e. The molecule has 0 heterocycles. The summed E-state index contributed by atoms with van der Waals surface area (Å²) in [5, 5.41) is 25.0. The maximum atomic E-state index is 11.1. The van der Waals surface area contributed by atoms with Gasteiger partial charge in [0.25, 0.3) is 0 Å². The summed E-state index contributed by atoms with van der Waals surface area (Å²) in [7, 11) is 1.26. The molecule has 0 aromatic heterocycles. The minimum absolute atomic E-state index is 0.0575. The summed E-state index contributed by atoms with van der Waals surface area (Å²) in [6, 6.07) is 8.29. The topological polar surface area (TPSA) is 190 Å². The highest BCUT2D eigenvalue weighted by molar-refractivity contribution is 7.46. The summed E-state index contributed by atoms with van der Waals surface area (Å²) in [5.74, 6) is 1.66. The minimum Gasteiger partial charge on any atom is -0.493 e. The van der Waals surface area contributed by atoms with Crippen molar-refractivity contribution in [2.75, 3.05) is 48.3 Å². The molecule has 0 radical (unpaired) electrons. The summed E-state index contributed by atoms with van der Waals surface area (Å²) in [4.78, 5) is 18.1. The van der Waals surface area contributed by atoms with Gasteiger partial charge in [0.1, 0.15) is 0 Å². The van der Waals surface area contributed by atoms with Gasteiger partial charge in [-0.2, -0.15) is 0 Å². The van der Waals surface area contributed by atoms with E-state index in [1.165, 1.54) is 34.5 Å². The van der Waals surface area contributed by atoms with Gasteiger partial charge < -0.3 is 44.5 Å². The second-order valence-corrected chi connectivity index (χ2v) is 8.28. The fourth-order valence-corrected chi connectivity index (χ4v) is 2.94. The molecule has 0 bridgehead atoms. The van der Waals surface area contributed by atoms with Crippen LogP contribution in [0.25, 0.3) is 12.2 Å². The number of phosphoric acid groups is 1. The van der Waals surface area contributed by atoms with Gasteiger partial charge in [0.05, 0.1) is 53.8 Å². The lowest BCUT2D eigenvalue weighted by atomic mass is 10.1. The third-order valence-corrected chi connectivity index (χ3v) is 4.94. The Balaban J connectivity index is 0.000000658. The van der Waals surface area contributed by atoms with Gasteiger partial charge in [0, 0.05) is 0 Å². The third kappa shape index (κ3) is 9.38. The molecule has 2 aromatic carbocycles. The van der Waals surface area contributed by atoms with Crippen molar-refractivity contribution in [1.82, 2.24) is 0 Å². The van der Waals surface area contributed by atoms with Crippen LogP contribution in [0.3, 0.4) is 0 Å². The number of nitrogens with two attached hydrogens (primary N) is 1. The molecule has 35 heavy (non-hydrogen) atoms. The van der Waals surface area contributed by atoms with Gasteiger partial charge >= 0.3 is 7.82 Å². The Morgan fingerprint density at radius 3 is 1.60 bits per heavy atom. The van der Waals surface area contributed by atoms with Crippen molar-refractivity contribution >= 4 is 20.0 Å². The molecule has 2 rings (SSSR count). The molecule has 13 heteroatoms. The predicted molar refractivity (Wildman–Crippen MR) is 129 cm³/mol. The maximum absolute atomic E-state index is 11.1. The Labute approximate surface area is 203 Å². The Morgan fingerprint density at radius 2 is 1.23 bits per heavy atom. The van der Waals surface area contributed by atoms with E-state index in [1.807, 2.05) is 0 Å². The molecule has 0 aliphatic carbocycles. The first-order valence-corrected chi connectivity index (χ1v) is 11.6. The lowest BCUT2D eigenvalue weighted by molar-refractivity contribution is 0.0697. The second kappa shape index (κ2) is 13.9. The Bertz CT molecular complexity index is 985. The van der Waals surface area contributed by atoms with Crippen LogP contribution < -0.4 is 29.2 Å². The van der Waals surface area contributed by atoms with E-state index in [1.54, 1.807) is 36.4 Å². The minimum atomic E-state index is -4.71. The summed E-state index contributed by atoms with van der Waals surface area (Å²) >= 11 is 0. The smallest absolute Gasteiger partial charge is 0.493 e. The standard InChI is InChI=1S/C18H21O8P.C4H11NO3/c1-22-14-8-7-12(9-15(14)26-27(19,20)21)5-6-13-10-16(23-2)18(25-4)17(11-13)24-3;5-4(1-6,2-7)3-8/h5-11H,1-4H3,(H2,19,20,21);6-8H,1-3,5H2/b6-5-;. The zero-order valence-corrected chi connectivity index (χ0v) is 20.8. The molecule has 0 unspecified atom stereocenters. The molecule has 7 N–H and O–H groups in total. The number of methoxy groups -OCH3 is 4. The zero-order valence-electron chi connectivity index (χ0n) is 19.9. The molecular weight excluding hydrogens is 485 g/mol. The number of ether oxygens (including phenoxy) is 4. The average molecular weight is 517 g/mol. The van der Waals surface area contributed by atoms with Crippen LogP contribution in [-0.2, 0) is 4.57 Å². The Kier molecular flexibility index (Phi) is 12.0. The first kappa shape index (κ1) is 30.2. The predicted octanol–water partition coefficient (Wildman–Crippen LogP) is 1.02. The van der Waals surface area contributed by atoms with Crippen LogP contribution in [0.15, 0.2) is 30.3 Å². The number of rotatable bonds is 11. The van der Waals surface area contributed by atoms with E-state index in [-0.39, 0.29) is 11.5 Å². The van der Waals surface area contributed by atoms with Crippen LogP contribution in [0.5, 0.6) is 28.7 Å². The SMILES string of the molecule is COc1ccc(/C=C\c2cc(OC)c(OC)c(OC)c2)cc1OP(=O)(O)O.NC(CO)(CO)CO. The highest BCUT2D eigenvalue weighted by Gasteiger charge is 2.21. The molecule has 0 aliphatic heterocycles. The Morgan fingerprint density at radius 1 is 0.771 bits per heavy atom. The van der Waals surface area contributed by atoms with Crippen LogP contribution in [0.1, 0.15) is 11.1 Å². The van der Waals surface area contributed by atoms with Crippen LogP contribution >= 0.6 is 7.82 Å². The molecule has 0 atom stereocenters. The van der Waals surface area contributed by atoms with Crippen molar-refractivity contribution < 1.29 is 53.1 Å². The zero-order chi connectivity index (χ0) is 26.6. The molecule has 0 spiro atoms. The fourth-order valence-electron chi connectivity index (χ4n) is 2.54. The summed E-state index contributed by atoms with van der Waals surface area (Å²) < 4.78 is 36.8. The molecule has 0 amide bonds. The molecule has 0 aliphatic rings. The number of aliphatic hydroxyl groups is 3. The molecule has 0 saturated carbocycles. The van der Waals surface area contributed by atoms with Crippen LogP contribution in [0, 0.1) is 0 Å². The first-order chi connectivity index (χ1) is 16.5. The normalized spacial score (nSPS) is 11.5. The van der Waals surface area contributed by atoms with Crippen molar-refractivity contribution in [2.24, 2.45) is 5.73 Å². The van der Waals surface area contributed by atoms with Gasteiger partial charge in [-0.25, -0.2) is 4.57 Å². The second-order valence-electron chi connectivity index (χ2n) is 7.12. The van der Waals surface area contributed by atoms with Gasteiger partial charge in [-0.15, -0.1) is 0 Å². The van der Waals surface area contributed by atoms with E-state index in [4.69, 9.17) is 49.8 Å². The van der Waals surface area contributed by atoms with Gasteiger partial charge in [-0.3, -0.25) is 9.79 Å². The number of hydrogen-bond acceptors (Lipinski definition) is 10. The molecule has 2 aromatic rings. The first-order valence-electron chi connectivity index (χ1n) is 10.0. The number of hydrogen-bond donors (Lipinski definition) is 6. The fraction of sp³-hybridized carbons (Fsp3) is 0.364. The van der Waals surface area contributed by atoms with E-state index in [0.717, 1.165) is 5.56 Å². The van der Waals surface area contributed by atoms with Gasteiger partial charge in [-0.05, 0) is 35.4 Å². The van der Waals surface area contributed by atoms with Crippen LogP contribution in [-0.4, -0.2) is 78.9 Å². The van der Waals surface area contributed by atoms with E-state index < -0.39 is 33.2 Å². The number of aliphatic hydroxyl groups excluding tert-OH is 3. The van der Waals surface area contributed by atoms with E-state index >= 15 is 0 Å². The quantitative estimate of drug-likeness (QED) is 0.184. The van der Waals surface area contributed by atoms with Crippen LogP contribution in [0.4, 0.5) is 0 Å². The molecule has 0 saturated heterocycles. The highest BCUT2D eigenvalue weighted by Crippen LogP contribution is 2.42. The van der Waals surface area contributed by atoms with E-state index in [2.05, 4.69) is 4.52 Å². The lowest BCUT2D eigenvalue weighted by Crippen LogP contribution is -2.50. The lowest BCUT2D eigenvalue weighted by Gasteiger charge is -2.20. The highest BCUT2D eigenvalue weighted by atomic mass is 31.2. The molecule has 196 valence electrons. The monoisotopic (exact) mass is 517 g/mol. The van der Waals surface area contributed by atoms with Crippen molar-refractivity contribution in [1.29, 1.82) is 0 Å². The van der Waals surface area contributed by atoms with E-state index in [0.29, 0.717) is 22.8 Å². The third-order valence-electron chi connectivity index (χ3n) is 4.50. The molecule has 12 nitrogen and oxygen atoms in total. The molecule has 0 fully saturated rings. The number of phosphoric ester groups is 1. The van der Waals surface area contributed by atoms with Gasteiger partial charge in [0.15, 0.2) is 23.0 Å². The largest absolute Gasteiger partial charge is 0.524 e. The average Bonchev–Trinajstić information content (AvgIpc) is 2.85. The van der Waals surface area contributed by atoms with E-state index in [9.17, 15) is 4.57 Å².